The van der Waals surface area contributed by atoms with Crippen molar-refractivity contribution < 1.29 is 13.9 Å². The average molecular weight is 314 g/mol. The SMILES string of the molecule is CC(C)(C)OC(=O)NCCC=Cc1ccc(CCl)c(F)c1. The molecule has 21 heavy (non-hydrogen) atoms. The Balaban J connectivity index is 2.35. The van der Waals surface area contributed by atoms with Gasteiger partial charge in [0.2, 0.25) is 0 Å². The summed E-state index contributed by atoms with van der Waals surface area (Å²) < 4.78 is 18.6. The van der Waals surface area contributed by atoms with E-state index in [9.17, 15) is 9.18 Å². The maximum Gasteiger partial charge on any atom is 0.407 e. The van der Waals surface area contributed by atoms with Crippen LogP contribution in [0, 0.1) is 5.82 Å². The van der Waals surface area contributed by atoms with Crippen molar-refractivity contribution in [2.75, 3.05) is 6.54 Å². The smallest absolute Gasteiger partial charge is 0.407 e. The third-order valence-corrected chi connectivity index (χ3v) is 2.80. The fourth-order valence-electron chi connectivity index (χ4n) is 1.57. The lowest BCUT2D eigenvalue weighted by molar-refractivity contribution is 0.0529. The molecule has 3 nitrogen and oxygen atoms in total. The van der Waals surface area contributed by atoms with Gasteiger partial charge in [0.1, 0.15) is 11.4 Å². The van der Waals surface area contributed by atoms with Crippen molar-refractivity contribution in [1.82, 2.24) is 5.32 Å². The highest BCUT2D eigenvalue weighted by Crippen LogP contribution is 2.13. The Morgan fingerprint density at radius 2 is 2.14 bits per heavy atom. The molecule has 0 heterocycles. The number of alkyl carbamates (subject to hydrolysis) is 1. The summed E-state index contributed by atoms with van der Waals surface area (Å²) in [6.45, 7) is 5.90. The van der Waals surface area contributed by atoms with Gasteiger partial charge in [0.15, 0.2) is 0 Å². The third-order valence-electron chi connectivity index (χ3n) is 2.51. The van der Waals surface area contributed by atoms with Crippen LogP contribution in [-0.2, 0) is 10.6 Å². The molecule has 0 aliphatic carbocycles. The van der Waals surface area contributed by atoms with Crippen molar-refractivity contribution >= 4 is 23.8 Å². The van der Waals surface area contributed by atoms with Gasteiger partial charge in [-0.2, -0.15) is 0 Å². The molecule has 0 aliphatic heterocycles. The first-order valence-corrected chi connectivity index (χ1v) is 7.33. The van der Waals surface area contributed by atoms with E-state index in [4.69, 9.17) is 16.3 Å². The topological polar surface area (TPSA) is 38.3 Å². The lowest BCUT2D eigenvalue weighted by atomic mass is 10.1. The Bertz CT molecular complexity index is 509. The van der Waals surface area contributed by atoms with Crippen LogP contribution in [-0.4, -0.2) is 18.2 Å². The predicted octanol–water partition coefficient (Wildman–Crippen LogP) is 4.49. The van der Waals surface area contributed by atoms with Crippen LogP contribution >= 0.6 is 11.6 Å². The number of rotatable bonds is 5. The minimum atomic E-state index is -0.498. The van der Waals surface area contributed by atoms with Crippen molar-refractivity contribution in [3.8, 4) is 0 Å². The molecule has 5 heteroatoms. The summed E-state index contributed by atoms with van der Waals surface area (Å²) in [7, 11) is 0. The van der Waals surface area contributed by atoms with Gasteiger partial charge >= 0.3 is 6.09 Å². The van der Waals surface area contributed by atoms with Crippen LogP contribution in [0.2, 0.25) is 0 Å². The van der Waals surface area contributed by atoms with Crippen molar-refractivity contribution in [2.45, 2.75) is 38.7 Å². The van der Waals surface area contributed by atoms with Gasteiger partial charge in [0.25, 0.3) is 0 Å². The van der Waals surface area contributed by atoms with E-state index in [1.807, 2.05) is 26.8 Å². The fourth-order valence-corrected chi connectivity index (χ4v) is 1.78. The summed E-state index contributed by atoms with van der Waals surface area (Å²) in [4.78, 5) is 11.4. The molecule has 1 amide bonds. The van der Waals surface area contributed by atoms with Crippen LogP contribution in [0.4, 0.5) is 9.18 Å². The Morgan fingerprint density at radius 1 is 1.43 bits per heavy atom. The van der Waals surface area contributed by atoms with Crippen LogP contribution in [0.3, 0.4) is 0 Å². The van der Waals surface area contributed by atoms with Gasteiger partial charge in [-0.15, -0.1) is 11.6 Å². The zero-order valence-corrected chi connectivity index (χ0v) is 13.3. The Morgan fingerprint density at radius 3 is 2.71 bits per heavy atom. The van der Waals surface area contributed by atoms with Gasteiger partial charge < -0.3 is 10.1 Å². The molecule has 0 atom stereocenters. The zero-order chi connectivity index (χ0) is 15.9. The summed E-state index contributed by atoms with van der Waals surface area (Å²) in [5, 5.41) is 2.65. The summed E-state index contributed by atoms with van der Waals surface area (Å²) in [6, 6.07) is 4.91. The molecular weight excluding hydrogens is 293 g/mol. The van der Waals surface area contributed by atoms with E-state index in [1.54, 1.807) is 18.2 Å². The largest absolute Gasteiger partial charge is 0.444 e. The van der Waals surface area contributed by atoms with Gasteiger partial charge in [-0.3, -0.25) is 0 Å². The Labute approximate surface area is 130 Å². The fraction of sp³-hybridized carbons (Fsp3) is 0.438. The molecule has 0 saturated carbocycles. The summed E-state index contributed by atoms with van der Waals surface area (Å²) in [5.74, 6) is -0.144. The summed E-state index contributed by atoms with van der Waals surface area (Å²) in [6.07, 6.45) is 3.87. The number of benzene rings is 1. The first kappa shape index (κ1) is 17.5. The van der Waals surface area contributed by atoms with Gasteiger partial charge in [-0.1, -0.05) is 24.3 Å². The van der Waals surface area contributed by atoms with E-state index >= 15 is 0 Å². The van der Waals surface area contributed by atoms with Crippen LogP contribution < -0.4 is 5.32 Å². The van der Waals surface area contributed by atoms with Gasteiger partial charge in [-0.05, 0) is 38.8 Å². The van der Waals surface area contributed by atoms with Crippen LogP contribution in [0.25, 0.3) is 6.08 Å². The second kappa shape index (κ2) is 8.03. The minimum absolute atomic E-state index is 0.162. The number of carbonyl (C=O) groups excluding carboxylic acids is 1. The second-order valence-electron chi connectivity index (χ2n) is 5.60. The lowest BCUT2D eigenvalue weighted by Crippen LogP contribution is -2.32. The number of hydrogen-bond acceptors (Lipinski definition) is 2. The molecule has 0 saturated heterocycles. The highest BCUT2D eigenvalue weighted by atomic mass is 35.5. The average Bonchev–Trinajstić information content (AvgIpc) is 2.36. The Hall–Kier alpha value is -1.55. The van der Waals surface area contributed by atoms with Crippen molar-refractivity contribution in [2.24, 2.45) is 0 Å². The highest BCUT2D eigenvalue weighted by molar-refractivity contribution is 6.17. The molecule has 1 N–H and O–H groups in total. The molecule has 0 spiro atoms. The molecule has 1 aromatic carbocycles. The van der Waals surface area contributed by atoms with Crippen LogP contribution in [0.5, 0.6) is 0 Å². The number of ether oxygens (including phenoxy) is 1. The molecule has 116 valence electrons. The summed E-state index contributed by atoms with van der Waals surface area (Å²) in [5.41, 5.74) is 0.751. The van der Waals surface area contributed by atoms with Crippen molar-refractivity contribution in [3.05, 3.63) is 41.2 Å². The van der Waals surface area contributed by atoms with E-state index in [0.717, 1.165) is 5.56 Å². The monoisotopic (exact) mass is 313 g/mol. The second-order valence-corrected chi connectivity index (χ2v) is 5.87. The normalized spacial score (nSPS) is 11.7. The Kier molecular flexibility index (Phi) is 6.69. The molecule has 0 bridgehead atoms. The van der Waals surface area contributed by atoms with Crippen LogP contribution in [0.15, 0.2) is 24.3 Å². The molecular formula is C16H21ClFNO2. The molecule has 1 rings (SSSR count). The molecule has 0 aliphatic rings. The maximum atomic E-state index is 13.5. The number of carbonyl (C=O) groups is 1. The van der Waals surface area contributed by atoms with Crippen molar-refractivity contribution in [1.29, 1.82) is 0 Å². The predicted molar refractivity (Wildman–Crippen MR) is 83.8 cm³/mol. The molecule has 0 radical (unpaired) electrons. The van der Waals surface area contributed by atoms with E-state index < -0.39 is 11.7 Å². The number of hydrogen-bond donors (Lipinski definition) is 1. The first-order valence-electron chi connectivity index (χ1n) is 6.79. The first-order chi connectivity index (χ1) is 9.81. The van der Waals surface area contributed by atoms with Gasteiger partial charge in [-0.25, -0.2) is 9.18 Å². The van der Waals surface area contributed by atoms with Crippen LogP contribution in [0.1, 0.15) is 38.3 Å². The lowest BCUT2D eigenvalue weighted by Gasteiger charge is -2.19. The standard InChI is InChI=1S/C16H21ClFNO2/c1-16(2,3)21-15(20)19-9-5-4-6-12-7-8-13(11-17)14(18)10-12/h4,6-8,10H,5,9,11H2,1-3H3,(H,19,20). The summed E-state index contributed by atoms with van der Waals surface area (Å²) >= 11 is 5.60. The molecule has 0 unspecified atom stereocenters. The number of halogens is 2. The number of alkyl halides is 1. The van der Waals surface area contributed by atoms with E-state index in [-0.39, 0.29) is 11.7 Å². The minimum Gasteiger partial charge on any atom is -0.444 e. The zero-order valence-electron chi connectivity index (χ0n) is 12.6. The molecule has 1 aromatic rings. The third kappa shape index (κ3) is 7.14. The molecule has 0 aromatic heterocycles. The van der Waals surface area contributed by atoms with E-state index in [0.29, 0.717) is 18.5 Å². The highest BCUT2D eigenvalue weighted by Gasteiger charge is 2.15. The van der Waals surface area contributed by atoms with E-state index in [1.165, 1.54) is 6.07 Å². The number of amides is 1. The van der Waals surface area contributed by atoms with Gasteiger partial charge in [0.05, 0.1) is 5.88 Å². The van der Waals surface area contributed by atoms with Gasteiger partial charge in [0, 0.05) is 12.1 Å². The quantitative estimate of drug-likeness (QED) is 0.642. The van der Waals surface area contributed by atoms with Crippen molar-refractivity contribution in [3.63, 3.8) is 0 Å². The van der Waals surface area contributed by atoms with E-state index in [2.05, 4.69) is 5.32 Å². The maximum absolute atomic E-state index is 13.5. The molecule has 0 fully saturated rings. The number of nitrogens with one attached hydrogen (secondary N) is 1.